The Morgan fingerprint density at radius 1 is 1.14 bits per heavy atom. The largest absolute Gasteiger partial charge is 0.394 e. The highest BCUT2D eigenvalue weighted by molar-refractivity contribution is 4.89. The predicted molar refractivity (Wildman–Crippen MR) is 85.7 cm³/mol. The van der Waals surface area contributed by atoms with Gasteiger partial charge in [-0.15, -0.1) is 0 Å². The summed E-state index contributed by atoms with van der Waals surface area (Å²) >= 11 is 0. The quantitative estimate of drug-likeness (QED) is 0.378. The summed E-state index contributed by atoms with van der Waals surface area (Å²) in [6.45, 7) is 2.55. The predicted octanol–water partition coefficient (Wildman–Crippen LogP) is 1.79. The van der Waals surface area contributed by atoms with Crippen molar-refractivity contribution in [2.45, 2.75) is 76.3 Å². The Morgan fingerprint density at radius 3 is 2.50 bits per heavy atom. The highest BCUT2D eigenvalue weighted by Crippen LogP contribution is 2.19. The summed E-state index contributed by atoms with van der Waals surface area (Å²) in [5, 5.41) is 28.5. The summed E-state index contributed by atoms with van der Waals surface area (Å²) < 4.78 is 10.8. The second-order valence-electron chi connectivity index (χ2n) is 5.91. The third kappa shape index (κ3) is 7.20. The molecule has 0 bridgehead atoms. The monoisotopic (exact) mass is 316 g/mol. The van der Waals surface area contributed by atoms with Gasteiger partial charge in [0, 0.05) is 0 Å². The summed E-state index contributed by atoms with van der Waals surface area (Å²) in [7, 11) is 0. The minimum atomic E-state index is -0.990. The fourth-order valence-electron chi connectivity index (χ4n) is 2.59. The summed E-state index contributed by atoms with van der Waals surface area (Å²) in [5.74, 6) is 0. The van der Waals surface area contributed by atoms with Gasteiger partial charge < -0.3 is 24.8 Å². The average molecular weight is 316 g/mol. The van der Waals surface area contributed by atoms with Gasteiger partial charge in [0.2, 0.25) is 0 Å². The molecular formula is C17H32O5. The van der Waals surface area contributed by atoms with Gasteiger partial charge in [-0.05, 0) is 19.3 Å². The van der Waals surface area contributed by atoms with Crippen LogP contribution in [0.5, 0.6) is 0 Å². The maximum Gasteiger partial charge on any atom is 0.114 e. The Kier molecular flexibility index (Phi) is 10.7. The van der Waals surface area contributed by atoms with Crippen LogP contribution in [0.25, 0.3) is 0 Å². The van der Waals surface area contributed by atoms with Crippen LogP contribution in [-0.4, -0.2) is 59.6 Å². The third-order valence-corrected chi connectivity index (χ3v) is 3.99. The fraction of sp³-hybridized carbons (Fsp3) is 0.882. The molecule has 1 fully saturated rings. The van der Waals surface area contributed by atoms with Crippen LogP contribution in [-0.2, 0) is 9.47 Å². The molecule has 22 heavy (non-hydrogen) atoms. The van der Waals surface area contributed by atoms with Crippen molar-refractivity contribution >= 4 is 0 Å². The normalized spacial score (nSPS) is 26.8. The molecule has 0 aromatic rings. The molecule has 0 radical (unpaired) electrons. The van der Waals surface area contributed by atoms with Gasteiger partial charge in [-0.3, -0.25) is 0 Å². The second-order valence-corrected chi connectivity index (χ2v) is 5.91. The Bertz CT molecular complexity index is 295. The van der Waals surface area contributed by atoms with E-state index in [4.69, 9.17) is 9.47 Å². The van der Waals surface area contributed by atoms with Crippen LogP contribution >= 0.6 is 0 Å². The molecule has 0 unspecified atom stereocenters. The molecule has 1 aliphatic rings. The van der Waals surface area contributed by atoms with Crippen LogP contribution in [0.2, 0.25) is 0 Å². The lowest BCUT2D eigenvalue weighted by molar-refractivity contribution is -0.0996. The number of unbranched alkanes of at least 4 members (excludes halogenated alkanes) is 5. The molecule has 0 aromatic heterocycles. The van der Waals surface area contributed by atoms with E-state index in [1.165, 1.54) is 32.1 Å². The SMILES string of the molecule is CCCCCCC/C=C/CCO[C@@H](CO)[C@@H]1OC[C@@H](O)[C@@H]1O. The van der Waals surface area contributed by atoms with Crippen LogP contribution in [0.1, 0.15) is 51.9 Å². The van der Waals surface area contributed by atoms with Gasteiger partial charge in [-0.2, -0.15) is 0 Å². The van der Waals surface area contributed by atoms with E-state index in [1.807, 2.05) is 0 Å². The zero-order valence-corrected chi connectivity index (χ0v) is 13.7. The molecule has 5 nitrogen and oxygen atoms in total. The fourth-order valence-corrected chi connectivity index (χ4v) is 2.59. The van der Waals surface area contributed by atoms with E-state index in [0.717, 1.165) is 12.8 Å². The van der Waals surface area contributed by atoms with Gasteiger partial charge in [-0.25, -0.2) is 0 Å². The molecule has 1 rings (SSSR count). The molecule has 0 saturated carbocycles. The molecule has 3 N–H and O–H groups in total. The minimum Gasteiger partial charge on any atom is -0.394 e. The highest BCUT2D eigenvalue weighted by atomic mass is 16.6. The third-order valence-electron chi connectivity index (χ3n) is 3.99. The van der Waals surface area contributed by atoms with Crippen molar-refractivity contribution in [3.05, 3.63) is 12.2 Å². The van der Waals surface area contributed by atoms with E-state index in [2.05, 4.69) is 19.1 Å². The average Bonchev–Trinajstić information content (AvgIpc) is 2.85. The molecule has 1 aliphatic heterocycles. The van der Waals surface area contributed by atoms with Crippen molar-refractivity contribution in [3.63, 3.8) is 0 Å². The summed E-state index contributed by atoms with van der Waals surface area (Å²) in [6, 6.07) is 0. The number of aliphatic hydroxyl groups is 3. The number of aliphatic hydroxyl groups excluding tert-OH is 3. The first-order chi connectivity index (χ1) is 10.7. The van der Waals surface area contributed by atoms with Crippen molar-refractivity contribution < 1.29 is 24.8 Å². The summed E-state index contributed by atoms with van der Waals surface area (Å²) in [4.78, 5) is 0. The van der Waals surface area contributed by atoms with Gasteiger partial charge in [0.1, 0.15) is 24.4 Å². The molecule has 0 aromatic carbocycles. The molecule has 5 heteroatoms. The van der Waals surface area contributed by atoms with Crippen molar-refractivity contribution in [2.24, 2.45) is 0 Å². The topological polar surface area (TPSA) is 79.2 Å². The summed E-state index contributed by atoms with van der Waals surface area (Å²) in [6.07, 6.45) is 9.46. The molecule has 0 spiro atoms. The number of allylic oxidation sites excluding steroid dienone is 1. The van der Waals surface area contributed by atoms with E-state index >= 15 is 0 Å². The number of rotatable bonds is 12. The Labute approximate surface area is 133 Å². The van der Waals surface area contributed by atoms with Crippen LogP contribution in [0.3, 0.4) is 0 Å². The highest BCUT2D eigenvalue weighted by Gasteiger charge is 2.40. The lowest BCUT2D eigenvalue weighted by Gasteiger charge is -2.24. The van der Waals surface area contributed by atoms with E-state index < -0.39 is 24.4 Å². The van der Waals surface area contributed by atoms with Gasteiger partial charge >= 0.3 is 0 Å². The zero-order valence-electron chi connectivity index (χ0n) is 13.7. The molecule has 0 aliphatic carbocycles. The standard InChI is InChI=1S/C17H32O5/c1-2-3-4-5-6-7-8-9-10-11-21-15(12-18)17-16(20)14(19)13-22-17/h8-9,14-20H,2-7,10-13H2,1H3/b9-8+/t14-,15+,16+,17+/m1/s1. The Balaban J connectivity index is 2.07. The van der Waals surface area contributed by atoms with Crippen molar-refractivity contribution in [1.29, 1.82) is 0 Å². The van der Waals surface area contributed by atoms with E-state index in [9.17, 15) is 15.3 Å². The van der Waals surface area contributed by atoms with Crippen LogP contribution in [0.15, 0.2) is 12.2 Å². The van der Waals surface area contributed by atoms with Gasteiger partial charge in [0.05, 0.1) is 19.8 Å². The van der Waals surface area contributed by atoms with Crippen molar-refractivity contribution in [1.82, 2.24) is 0 Å². The van der Waals surface area contributed by atoms with Gasteiger partial charge in [-0.1, -0.05) is 44.8 Å². The first-order valence-electron chi connectivity index (χ1n) is 8.55. The molecular weight excluding hydrogens is 284 g/mol. The Morgan fingerprint density at radius 2 is 1.86 bits per heavy atom. The minimum absolute atomic E-state index is 0.0869. The molecule has 1 saturated heterocycles. The first kappa shape index (κ1) is 19.6. The first-order valence-corrected chi connectivity index (χ1v) is 8.55. The lowest BCUT2D eigenvalue weighted by atomic mass is 10.1. The molecule has 130 valence electrons. The van der Waals surface area contributed by atoms with Gasteiger partial charge in [0.15, 0.2) is 0 Å². The van der Waals surface area contributed by atoms with Crippen LogP contribution in [0.4, 0.5) is 0 Å². The van der Waals surface area contributed by atoms with Crippen molar-refractivity contribution in [2.75, 3.05) is 19.8 Å². The number of hydrogen-bond acceptors (Lipinski definition) is 5. The maximum absolute atomic E-state index is 9.74. The van der Waals surface area contributed by atoms with Gasteiger partial charge in [0.25, 0.3) is 0 Å². The van der Waals surface area contributed by atoms with Crippen LogP contribution < -0.4 is 0 Å². The maximum atomic E-state index is 9.74. The molecule has 4 atom stereocenters. The van der Waals surface area contributed by atoms with E-state index in [-0.39, 0.29) is 13.2 Å². The second kappa shape index (κ2) is 12.0. The molecule has 1 heterocycles. The van der Waals surface area contributed by atoms with E-state index in [1.54, 1.807) is 0 Å². The Hall–Kier alpha value is -0.460. The lowest BCUT2D eigenvalue weighted by Crippen LogP contribution is -2.42. The van der Waals surface area contributed by atoms with E-state index in [0.29, 0.717) is 6.61 Å². The zero-order chi connectivity index (χ0) is 16.2. The number of hydrogen-bond donors (Lipinski definition) is 3. The number of ether oxygens (including phenoxy) is 2. The smallest absolute Gasteiger partial charge is 0.114 e. The van der Waals surface area contributed by atoms with Crippen molar-refractivity contribution in [3.8, 4) is 0 Å². The molecule has 0 amide bonds. The van der Waals surface area contributed by atoms with Crippen LogP contribution in [0, 0.1) is 0 Å². The summed E-state index contributed by atoms with van der Waals surface area (Å²) in [5.41, 5.74) is 0.